The third-order valence-electron chi connectivity index (χ3n) is 3.77. The summed E-state index contributed by atoms with van der Waals surface area (Å²) in [5, 5.41) is 4.94. The zero-order valence-corrected chi connectivity index (χ0v) is 14.7. The first-order chi connectivity index (χ1) is 12.2. The highest BCUT2D eigenvalue weighted by atomic mass is 32.2. The van der Waals surface area contributed by atoms with Crippen molar-refractivity contribution in [3.8, 4) is 5.75 Å². The van der Waals surface area contributed by atoms with Gasteiger partial charge in [-0.25, -0.2) is 0 Å². The van der Waals surface area contributed by atoms with Crippen molar-refractivity contribution in [2.75, 3.05) is 0 Å². The number of thiophene rings is 1. The van der Waals surface area contributed by atoms with E-state index in [1.165, 1.54) is 0 Å². The van der Waals surface area contributed by atoms with Gasteiger partial charge in [-0.1, -0.05) is 30.3 Å². The molecule has 6 heteroatoms. The molecule has 0 aliphatic carbocycles. The fourth-order valence-corrected chi connectivity index (χ4v) is 4.17. The van der Waals surface area contributed by atoms with Crippen LogP contribution in [0.25, 0.3) is 16.2 Å². The molecule has 0 atom stereocenters. The molecule has 1 aliphatic rings. The first-order valence-corrected chi connectivity index (χ1v) is 9.32. The average Bonchev–Trinajstić information content (AvgIpc) is 3.22. The van der Waals surface area contributed by atoms with E-state index in [-0.39, 0.29) is 11.1 Å². The Morgan fingerprint density at radius 3 is 2.64 bits per heavy atom. The van der Waals surface area contributed by atoms with Crippen molar-refractivity contribution >= 4 is 50.4 Å². The van der Waals surface area contributed by atoms with Crippen LogP contribution >= 0.6 is 23.1 Å². The number of thioether (sulfide) groups is 1. The Hall–Kier alpha value is -2.57. The maximum Gasteiger partial charge on any atom is 0.290 e. The van der Waals surface area contributed by atoms with Gasteiger partial charge in [0.25, 0.3) is 11.1 Å². The Kier molecular flexibility index (Phi) is 4.29. The molecule has 0 radical (unpaired) electrons. The number of imide groups is 1. The number of nitrogens with one attached hydrogen (secondary N) is 1. The van der Waals surface area contributed by atoms with Crippen LogP contribution in [0.2, 0.25) is 0 Å². The van der Waals surface area contributed by atoms with Gasteiger partial charge < -0.3 is 4.74 Å². The van der Waals surface area contributed by atoms with Gasteiger partial charge in [-0.3, -0.25) is 14.9 Å². The SMILES string of the molecule is O=C1NC(=O)C(=Cc2ccc(OCc3ccccc3)c3ccsc23)S1. The summed E-state index contributed by atoms with van der Waals surface area (Å²) in [7, 11) is 0. The van der Waals surface area contributed by atoms with Crippen LogP contribution < -0.4 is 10.1 Å². The number of rotatable bonds is 4. The van der Waals surface area contributed by atoms with Gasteiger partial charge in [0.2, 0.25) is 0 Å². The minimum Gasteiger partial charge on any atom is -0.488 e. The van der Waals surface area contributed by atoms with Gasteiger partial charge in [0.05, 0.1) is 4.91 Å². The zero-order valence-electron chi connectivity index (χ0n) is 13.0. The number of carbonyl (C=O) groups excluding carboxylic acids is 2. The van der Waals surface area contributed by atoms with Crippen molar-refractivity contribution in [1.29, 1.82) is 0 Å². The van der Waals surface area contributed by atoms with E-state index in [1.54, 1.807) is 17.4 Å². The Labute approximate surface area is 152 Å². The van der Waals surface area contributed by atoms with E-state index in [4.69, 9.17) is 4.74 Å². The summed E-state index contributed by atoms with van der Waals surface area (Å²) in [6, 6.07) is 15.8. The first-order valence-electron chi connectivity index (χ1n) is 7.62. The molecule has 2 heterocycles. The molecule has 2 aromatic carbocycles. The molecule has 1 fully saturated rings. The number of amides is 2. The lowest BCUT2D eigenvalue weighted by molar-refractivity contribution is -0.115. The molecule has 124 valence electrons. The summed E-state index contributed by atoms with van der Waals surface area (Å²) in [5.74, 6) is 0.464. The van der Waals surface area contributed by atoms with E-state index in [0.29, 0.717) is 11.5 Å². The minimum absolute atomic E-state index is 0.332. The smallest absolute Gasteiger partial charge is 0.290 e. The summed E-state index contributed by atoms with van der Waals surface area (Å²) in [4.78, 5) is 23.5. The van der Waals surface area contributed by atoms with Gasteiger partial charge in [-0.05, 0) is 52.5 Å². The molecule has 3 aromatic rings. The summed E-state index contributed by atoms with van der Waals surface area (Å²) in [6.07, 6.45) is 1.75. The van der Waals surface area contributed by atoms with Crippen molar-refractivity contribution in [1.82, 2.24) is 5.32 Å². The molecular formula is C19H13NO3S2. The van der Waals surface area contributed by atoms with E-state index in [0.717, 1.165) is 38.7 Å². The monoisotopic (exact) mass is 367 g/mol. The lowest BCUT2D eigenvalue weighted by Crippen LogP contribution is -2.17. The lowest BCUT2D eigenvalue weighted by atomic mass is 10.1. The lowest BCUT2D eigenvalue weighted by Gasteiger charge is -2.09. The standard InChI is InChI=1S/C19H13NO3S2/c21-18-16(25-19(22)20-18)10-13-6-7-15(14-8-9-24-17(13)14)23-11-12-4-2-1-3-5-12/h1-10H,11H2,(H,20,21,22). The van der Waals surface area contributed by atoms with E-state index in [2.05, 4.69) is 5.32 Å². The molecular weight excluding hydrogens is 354 g/mol. The van der Waals surface area contributed by atoms with Gasteiger partial charge in [0.15, 0.2) is 0 Å². The Morgan fingerprint density at radius 2 is 1.88 bits per heavy atom. The number of ether oxygens (including phenoxy) is 1. The predicted molar refractivity (Wildman–Crippen MR) is 102 cm³/mol. The van der Waals surface area contributed by atoms with Crippen LogP contribution in [-0.2, 0) is 11.4 Å². The molecule has 1 aromatic heterocycles. The summed E-state index contributed by atoms with van der Waals surface area (Å²) in [5.41, 5.74) is 2.01. The van der Waals surface area contributed by atoms with Gasteiger partial charge in [0.1, 0.15) is 12.4 Å². The molecule has 2 amide bonds. The van der Waals surface area contributed by atoms with E-state index >= 15 is 0 Å². The molecule has 4 rings (SSSR count). The summed E-state index contributed by atoms with van der Waals surface area (Å²) in [6.45, 7) is 0.499. The van der Waals surface area contributed by atoms with Crippen LogP contribution in [0.5, 0.6) is 5.75 Å². The maximum absolute atomic E-state index is 11.7. The Balaban J connectivity index is 1.64. The maximum atomic E-state index is 11.7. The van der Waals surface area contributed by atoms with Crippen molar-refractivity contribution in [2.24, 2.45) is 0 Å². The largest absolute Gasteiger partial charge is 0.488 e. The molecule has 0 bridgehead atoms. The van der Waals surface area contributed by atoms with Crippen LogP contribution in [0, 0.1) is 0 Å². The molecule has 1 N–H and O–H groups in total. The third kappa shape index (κ3) is 3.31. The fraction of sp³-hybridized carbons (Fsp3) is 0.0526. The molecule has 0 spiro atoms. The zero-order chi connectivity index (χ0) is 17.2. The topological polar surface area (TPSA) is 55.4 Å². The average molecular weight is 367 g/mol. The van der Waals surface area contributed by atoms with Crippen molar-refractivity contribution < 1.29 is 14.3 Å². The van der Waals surface area contributed by atoms with Crippen LogP contribution in [-0.4, -0.2) is 11.1 Å². The van der Waals surface area contributed by atoms with Crippen LogP contribution in [0.4, 0.5) is 4.79 Å². The highest BCUT2D eigenvalue weighted by Gasteiger charge is 2.25. The number of carbonyl (C=O) groups is 2. The van der Waals surface area contributed by atoms with Gasteiger partial charge in [-0.2, -0.15) is 0 Å². The molecule has 25 heavy (non-hydrogen) atoms. The molecule has 1 aliphatic heterocycles. The number of benzene rings is 2. The highest BCUT2D eigenvalue weighted by molar-refractivity contribution is 8.18. The molecule has 4 nitrogen and oxygen atoms in total. The van der Waals surface area contributed by atoms with Crippen molar-refractivity contribution in [3.63, 3.8) is 0 Å². The molecule has 1 saturated heterocycles. The van der Waals surface area contributed by atoms with Crippen LogP contribution in [0.3, 0.4) is 0 Å². The number of hydrogen-bond acceptors (Lipinski definition) is 5. The Morgan fingerprint density at radius 1 is 1.04 bits per heavy atom. The van der Waals surface area contributed by atoms with Crippen molar-refractivity contribution in [3.05, 3.63) is 69.9 Å². The van der Waals surface area contributed by atoms with Crippen LogP contribution in [0.1, 0.15) is 11.1 Å². The van der Waals surface area contributed by atoms with E-state index in [1.807, 2.05) is 53.9 Å². The first kappa shape index (κ1) is 15.9. The van der Waals surface area contributed by atoms with Crippen LogP contribution in [0.15, 0.2) is 58.8 Å². The third-order valence-corrected chi connectivity index (χ3v) is 5.55. The quantitative estimate of drug-likeness (QED) is 0.673. The Bertz CT molecular complexity index is 992. The van der Waals surface area contributed by atoms with Gasteiger partial charge >= 0.3 is 0 Å². The number of fused-ring (bicyclic) bond motifs is 1. The second-order valence-electron chi connectivity index (χ2n) is 5.44. The van der Waals surface area contributed by atoms with E-state index in [9.17, 15) is 9.59 Å². The van der Waals surface area contributed by atoms with E-state index < -0.39 is 0 Å². The fourth-order valence-electron chi connectivity index (χ4n) is 2.59. The summed E-state index contributed by atoms with van der Waals surface area (Å²) >= 11 is 2.51. The number of hydrogen-bond donors (Lipinski definition) is 1. The van der Waals surface area contributed by atoms with Gasteiger partial charge in [0, 0.05) is 10.1 Å². The second kappa shape index (κ2) is 6.74. The normalized spacial score (nSPS) is 15.8. The predicted octanol–water partition coefficient (Wildman–Crippen LogP) is 4.80. The van der Waals surface area contributed by atoms with Gasteiger partial charge in [-0.15, -0.1) is 11.3 Å². The highest BCUT2D eigenvalue weighted by Crippen LogP contribution is 2.36. The summed E-state index contributed by atoms with van der Waals surface area (Å²) < 4.78 is 7.01. The molecule has 0 unspecified atom stereocenters. The minimum atomic E-state index is -0.343. The van der Waals surface area contributed by atoms with Crippen molar-refractivity contribution in [2.45, 2.75) is 6.61 Å². The molecule has 0 saturated carbocycles. The second-order valence-corrected chi connectivity index (χ2v) is 7.37.